The number of likely N-dealkylation sites (N-methyl/N-ethyl adjacent to an activating group) is 1. The minimum Gasteiger partial charge on any atom is -0.310 e. The quantitative estimate of drug-likeness (QED) is 0.779. The lowest BCUT2D eigenvalue weighted by atomic mass is 9.95. The number of halogens is 1. The first kappa shape index (κ1) is 12.3. The van der Waals surface area contributed by atoms with Crippen LogP contribution >= 0.6 is 0 Å². The Balaban J connectivity index is 2.20. The first-order valence-electron chi connectivity index (χ1n) is 6.43. The molecule has 0 saturated carbocycles. The van der Waals surface area contributed by atoms with E-state index in [2.05, 4.69) is 11.4 Å². The lowest BCUT2D eigenvalue weighted by Gasteiger charge is -2.20. The predicted octanol–water partition coefficient (Wildman–Crippen LogP) is 3.98. The molecule has 0 saturated heterocycles. The summed E-state index contributed by atoms with van der Waals surface area (Å²) in [6, 6.07) is 7.08. The van der Waals surface area contributed by atoms with Crippen molar-refractivity contribution in [2.45, 2.75) is 38.1 Å². The van der Waals surface area contributed by atoms with Crippen molar-refractivity contribution in [3.05, 3.63) is 47.3 Å². The zero-order valence-corrected chi connectivity index (χ0v) is 10.4. The molecule has 2 rings (SSSR count). The molecule has 0 spiro atoms. The van der Waals surface area contributed by atoms with Gasteiger partial charge in [0.1, 0.15) is 5.82 Å². The van der Waals surface area contributed by atoms with Crippen LogP contribution in [-0.4, -0.2) is 7.05 Å². The summed E-state index contributed by atoms with van der Waals surface area (Å²) in [6.45, 7) is 0. The summed E-state index contributed by atoms with van der Waals surface area (Å²) in [5, 5.41) is 3.34. The second-order valence-electron chi connectivity index (χ2n) is 4.65. The lowest BCUT2D eigenvalue weighted by molar-refractivity contribution is 0.613. The van der Waals surface area contributed by atoms with Gasteiger partial charge in [0, 0.05) is 0 Å². The van der Waals surface area contributed by atoms with Crippen LogP contribution in [0.25, 0.3) is 0 Å². The van der Waals surface area contributed by atoms with E-state index in [0.717, 1.165) is 12.0 Å². The highest BCUT2D eigenvalue weighted by Gasteiger charge is 2.15. The second kappa shape index (κ2) is 5.97. The van der Waals surface area contributed by atoms with Gasteiger partial charge >= 0.3 is 0 Å². The largest absolute Gasteiger partial charge is 0.310 e. The first-order chi connectivity index (χ1) is 8.31. The molecular weight excluding hydrogens is 213 g/mol. The summed E-state index contributed by atoms with van der Waals surface area (Å²) in [4.78, 5) is 0. The molecule has 0 fully saturated rings. The van der Waals surface area contributed by atoms with Crippen molar-refractivity contribution in [2.24, 2.45) is 0 Å². The van der Waals surface area contributed by atoms with Crippen molar-refractivity contribution < 1.29 is 4.39 Å². The van der Waals surface area contributed by atoms with Crippen molar-refractivity contribution in [1.29, 1.82) is 0 Å². The van der Waals surface area contributed by atoms with Crippen LogP contribution in [0, 0.1) is 5.82 Å². The zero-order valence-electron chi connectivity index (χ0n) is 10.4. The maximum Gasteiger partial charge on any atom is 0.123 e. The summed E-state index contributed by atoms with van der Waals surface area (Å²) in [7, 11) is 1.97. The minimum atomic E-state index is -0.168. The van der Waals surface area contributed by atoms with Crippen LogP contribution in [0.15, 0.2) is 35.9 Å². The van der Waals surface area contributed by atoms with Crippen LogP contribution < -0.4 is 5.32 Å². The highest BCUT2D eigenvalue weighted by atomic mass is 19.1. The summed E-state index contributed by atoms with van der Waals surface area (Å²) in [5.41, 5.74) is 2.61. The molecule has 1 aliphatic rings. The molecule has 1 aromatic carbocycles. The Hall–Kier alpha value is -1.15. The number of rotatable bonds is 3. The van der Waals surface area contributed by atoms with Crippen LogP contribution in [-0.2, 0) is 0 Å². The van der Waals surface area contributed by atoms with Crippen molar-refractivity contribution in [2.75, 3.05) is 7.05 Å². The maximum atomic E-state index is 12.9. The fourth-order valence-electron chi connectivity index (χ4n) is 2.52. The third-order valence-corrected chi connectivity index (χ3v) is 3.44. The van der Waals surface area contributed by atoms with E-state index >= 15 is 0 Å². The third kappa shape index (κ3) is 3.16. The van der Waals surface area contributed by atoms with Crippen molar-refractivity contribution >= 4 is 0 Å². The molecule has 2 heteroatoms. The van der Waals surface area contributed by atoms with Gasteiger partial charge in [0.2, 0.25) is 0 Å². The van der Waals surface area contributed by atoms with E-state index in [9.17, 15) is 4.39 Å². The molecule has 1 unspecified atom stereocenters. The molecule has 0 heterocycles. The average Bonchev–Trinajstić information content (AvgIpc) is 2.62. The molecule has 0 bridgehead atoms. The fourth-order valence-corrected chi connectivity index (χ4v) is 2.52. The van der Waals surface area contributed by atoms with Gasteiger partial charge in [0.05, 0.1) is 6.04 Å². The molecule has 1 atom stereocenters. The van der Waals surface area contributed by atoms with Crippen LogP contribution in [0.1, 0.15) is 43.7 Å². The molecule has 1 N–H and O–H groups in total. The molecule has 0 aromatic heterocycles. The highest BCUT2D eigenvalue weighted by molar-refractivity contribution is 5.28. The van der Waals surface area contributed by atoms with Gasteiger partial charge in [-0.1, -0.05) is 30.2 Å². The average molecular weight is 233 g/mol. The van der Waals surface area contributed by atoms with Crippen molar-refractivity contribution in [1.82, 2.24) is 5.32 Å². The topological polar surface area (TPSA) is 12.0 Å². The lowest BCUT2D eigenvalue weighted by Crippen LogP contribution is -2.18. The van der Waals surface area contributed by atoms with E-state index in [1.807, 2.05) is 19.2 Å². The van der Waals surface area contributed by atoms with Crippen molar-refractivity contribution in [3.63, 3.8) is 0 Å². The van der Waals surface area contributed by atoms with E-state index in [-0.39, 0.29) is 11.9 Å². The van der Waals surface area contributed by atoms with E-state index in [1.54, 1.807) is 0 Å². The molecule has 1 aliphatic carbocycles. The van der Waals surface area contributed by atoms with E-state index in [4.69, 9.17) is 0 Å². The monoisotopic (exact) mass is 233 g/mol. The molecule has 1 nitrogen and oxygen atoms in total. The SMILES string of the molecule is CNC(C1=CCCCCC1)c1ccc(F)cc1. The van der Waals surface area contributed by atoms with Gasteiger partial charge in [0.25, 0.3) is 0 Å². The Morgan fingerprint density at radius 3 is 2.59 bits per heavy atom. The smallest absolute Gasteiger partial charge is 0.123 e. The number of benzene rings is 1. The highest BCUT2D eigenvalue weighted by Crippen LogP contribution is 2.28. The summed E-state index contributed by atoms with van der Waals surface area (Å²) in [6.07, 6.45) is 8.57. The summed E-state index contributed by atoms with van der Waals surface area (Å²) >= 11 is 0. The molecule has 92 valence electrons. The van der Waals surface area contributed by atoms with Gasteiger partial charge in [-0.3, -0.25) is 0 Å². The standard InChI is InChI=1S/C15H20FN/c1-17-15(12-6-4-2-3-5-7-12)13-8-10-14(16)11-9-13/h6,8-11,15,17H,2-5,7H2,1H3. The van der Waals surface area contributed by atoms with E-state index < -0.39 is 0 Å². The van der Waals surface area contributed by atoms with Gasteiger partial charge in [-0.2, -0.15) is 0 Å². The normalized spacial score (nSPS) is 18.4. The minimum absolute atomic E-state index is 0.168. The molecular formula is C15H20FN. The number of hydrogen-bond acceptors (Lipinski definition) is 1. The fraction of sp³-hybridized carbons (Fsp3) is 0.467. The Kier molecular flexibility index (Phi) is 4.32. The second-order valence-corrected chi connectivity index (χ2v) is 4.65. The molecule has 0 amide bonds. The Morgan fingerprint density at radius 1 is 1.12 bits per heavy atom. The van der Waals surface area contributed by atoms with Gasteiger partial charge in [-0.05, 0) is 50.4 Å². The molecule has 17 heavy (non-hydrogen) atoms. The zero-order chi connectivity index (χ0) is 12.1. The first-order valence-corrected chi connectivity index (χ1v) is 6.43. The van der Waals surface area contributed by atoms with Crippen LogP contribution in [0.5, 0.6) is 0 Å². The van der Waals surface area contributed by atoms with E-state index in [1.165, 1.54) is 43.4 Å². The van der Waals surface area contributed by atoms with Crippen LogP contribution in [0.2, 0.25) is 0 Å². The Labute approximate surface area is 103 Å². The summed E-state index contributed by atoms with van der Waals surface area (Å²) < 4.78 is 12.9. The van der Waals surface area contributed by atoms with Crippen LogP contribution in [0.4, 0.5) is 4.39 Å². The maximum absolute atomic E-state index is 12.9. The third-order valence-electron chi connectivity index (χ3n) is 3.44. The van der Waals surface area contributed by atoms with Gasteiger partial charge in [0.15, 0.2) is 0 Å². The van der Waals surface area contributed by atoms with Crippen molar-refractivity contribution in [3.8, 4) is 0 Å². The molecule has 0 radical (unpaired) electrons. The number of nitrogens with one attached hydrogen (secondary N) is 1. The molecule has 0 aliphatic heterocycles. The molecule has 1 aromatic rings. The van der Waals surface area contributed by atoms with E-state index in [0.29, 0.717) is 0 Å². The van der Waals surface area contributed by atoms with Gasteiger partial charge in [-0.15, -0.1) is 0 Å². The Morgan fingerprint density at radius 2 is 1.88 bits per heavy atom. The summed E-state index contributed by atoms with van der Waals surface area (Å²) in [5.74, 6) is -0.168. The predicted molar refractivity (Wildman–Crippen MR) is 69.4 cm³/mol. The number of allylic oxidation sites excluding steroid dienone is 1. The van der Waals surface area contributed by atoms with Gasteiger partial charge in [-0.25, -0.2) is 4.39 Å². The van der Waals surface area contributed by atoms with Gasteiger partial charge < -0.3 is 5.32 Å². The Bertz CT molecular complexity index is 380. The number of hydrogen-bond donors (Lipinski definition) is 1. The van der Waals surface area contributed by atoms with Crippen LogP contribution in [0.3, 0.4) is 0 Å².